The van der Waals surface area contributed by atoms with Gasteiger partial charge in [-0.25, -0.2) is 0 Å². The summed E-state index contributed by atoms with van der Waals surface area (Å²) in [7, 11) is -2.10. The van der Waals surface area contributed by atoms with Crippen LogP contribution in [-0.2, 0) is 25.7 Å². The van der Waals surface area contributed by atoms with Crippen LogP contribution in [0.1, 0.15) is 68.7 Å². The smallest absolute Gasteiger partial charge is 0.250 e. The van der Waals surface area contributed by atoms with Crippen molar-refractivity contribution in [3.63, 3.8) is 0 Å². The first-order valence-electron chi connectivity index (χ1n) is 11.6. The Morgan fingerprint density at radius 1 is 0.806 bits per heavy atom. The highest BCUT2D eigenvalue weighted by Gasteiger charge is 2.40. The summed E-state index contributed by atoms with van der Waals surface area (Å²) in [6, 6.07) is 4.33. The Balaban J connectivity index is 2.04. The zero-order valence-corrected chi connectivity index (χ0v) is 23.6. The minimum absolute atomic E-state index is 0.0800. The average Bonchev–Trinajstić information content (AvgIpc) is 2.69. The Morgan fingerprint density at radius 3 is 1.84 bits per heavy atom. The molecule has 2 nitrogen and oxygen atoms in total. The molecule has 0 heterocycles. The third kappa shape index (κ3) is 4.27. The van der Waals surface area contributed by atoms with Crippen molar-refractivity contribution in [3.8, 4) is 22.6 Å². The molecule has 4 rings (SSSR count). The van der Waals surface area contributed by atoms with Crippen molar-refractivity contribution in [2.24, 2.45) is 0 Å². The van der Waals surface area contributed by atoms with Gasteiger partial charge in [-0.1, -0.05) is 42.5 Å². The second-order valence-electron chi connectivity index (χ2n) is 10.7. The number of benzene rings is 2. The number of fused-ring (bicyclic) bond motifs is 2. The first-order valence-corrected chi connectivity index (χ1v) is 16.1. The highest BCUT2D eigenvalue weighted by atomic mass is 79.9. The molecule has 0 aromatic heterocycles. The summed E-state index contributed by atoms with van der Waals surface area (Å²) in [6.07, 6.45) is 8.85. The predicted octanol–water partition coefficient (Wildman–Crippen LogP) is 8.09. The van der Waals surface area contributed by atoms with Gasteiger partial charge in [0.15, 0.2) is 0 Å². The molecule has 0 N–H and O–H groups in total. The summed E-state index contributed by atoms with van der Waals surface area (Å²) in [5, 5.41) is 13.7. The highest BCUT2D eigenvalue weighted by Crippen LogP contribution is 2.52. The summed E-state index contributed by atoms with van der Waals surface area (Å²) in [6.45, 7) is 11.4. The standard InChI is InChI=1S/C26H34Br2O2Si/c1-26(2,3)31(4,5)30-25-21(28)15-17-11-7-9-13-19(17)23(25)22-18-12-8-6-10-16(18)14-20(27)24(22)29/h14-15,29H,6-13H2,1-5H3/p-1. The van der Waals surface area contributed by atoms with E-state index in [1.807, 2.05) is 0 Å². The largest absolute Gasteiger partial charge is 0.871 e. The molecule has 0 bridgehead atoms. The zero-order chi connectivity index (χ0) is 22.6. The van der Waals surface area contributed by atoms with Gasteiger partial charge in [-0.3, -0.25) is 0 Å². The lowest BCUT2D eigenvalue weighted by Gasteiger charge is -2.39. The summed E-state index contributed by atoms with van der Waals surface area (Å²) in [5.74, 6) is 1.02. The van der Waals surface area contributed by atoms with Crippen LogP contribution in [0.4, 0.5) is 0 Å². The fraction of sp³-hybridized carbons (Fsp3) is 0.538. The Hall–Kier alpha value is -0.783. The fourth-order valence-electron chi connectivity index (χ4n) is 4.73. The molecule has 0 aliphatic heterocycles. The van der Waals surface area contributed by atoms with Crippen molar-refractivity contribution >= 4 is 40.2 Å². The van der Waals surface area contributed by atoms with E-state index in [2.05, 4.69) is 77.9 Å². The van der Waals surface area contributed by atoms with E-state index < -0.39 is 8.32 Å². The Kier molecular flexibility index (Phi) is 6.43. The lowest BCUT2D eigenvalue weighted by atomic mass is 9.80. The molecule has 0 fully saturated rings. The van der Waals surface area contributed by atoms with Crippen LogP contribution in [0.15, 0.2) is 21.1 Å². The minimum atomic E-state index is -2.10. The van der Waals surface area contributed by atoms with Crippen molar-refractivity contribution in [2.45, 2.75) is 90.3 Å². The molecule has 0 saturated heterocycles. The molecule has 0 amide bonds. The molecule has 2 aromatic rings. The molecule has 0 atom stereocenters. The maximum absolute atomic E-state index is 13.6. The Morgan fingerprint density at radius 2 is 1.29 bits per heavy atom. The van der Waals surface area contributed by atoms with Crippen molar-refractivity contribution in [2.75, 3.05) is 0 Å². The monoisotopic (exact) mass is 563 g/mol. The average molecular weight is 565 g/mol. The molecule has 31 heavy (non-hydrogen) atoms. The minimum Gasteiger partial charge on any atom is -0.871 e. The van der Waals surface area contributed by atoms with Gasteiger partial charge in [0.2, 0.25) is 0 Å². The second-order valence-corrected chi connectivity index (χ2v) is 17.1. The van der Waals surface area contributed by atoms with Crippen molar-refractivity contribution < 1.29 is 9.53 Å². The summed E-state index contributed by atoms with van der Waals surface area (Å²) in [4.78, 5) is 0. The number of aryl methyl sites for hydroxylation is 2. The number of rotatable bonds is 3. The molecule has 0 unspecified atom stereocenters. The topological polar surface area (TPSA) is 32.3 Å². The normalized spacial score (nSPS) is 16.6. The third-order valence-corrected chi connectivity index (χ3v) is 13.0. The van der Waals surface area contributed by atoms with Gasteiger partial charge in [0.1, 0.15) is 5.75 Å². The first kappa shape index (κ1) is 23.4. The maximum atomic E-state index is 13.6. The molecule has 0 spiro atoms. The quantitative estimate of drug-likeness (QED) is 0.353. The zero-order valence-electron chi connectivity index (χ0n) is 19.4. The van der Waals surface area contributed by atoms with Gasteiger partial charge >= 0.3 is 0 Å². The fourth-order valence-corrected chi connectivity index (χ4v) is 6.94. The van der Waals surface area contributed by atoms with Crippen molar-refractivity contribution in [1.29, 1.82) is 0 Å². The van der Waals surface area contributed by atoms with Crippen LogP contribution in [0.3, 0.4) is 0 Å². The van der Waals surface area contributed by atoms with Gasteiger partial charge in [-0.05, 0) is 125 Å². The van der Waals surface area contributed by atoms with Gasteiger partial charge in [-0.15, -0.1) is 0 Å². The molecule has 0 saturated carbocycles. The molecule has 2 aliphatic rings. The van der Waals surface area contributed by atoms with Crippen molar-refractivity contribution in [3.05, 3.63) is 43.3 Å². The van der Waals surface area contributed by atoms with Crippen LogP contribution in [0.25, 0.3) is 11.1 Å². The predicted molar refractivity (Wildman–Crippen MR) is 138 cm³/mol. The van der Waals surface area contributed by atoms with Crippen LogP contribution >= 0.6 is 31.9 Å². The van der Waals surface area contributed by atoms with Gasteiger partial charge in [0.25, 0.3) is 8.32 Å². The summed E-state index contributed by atoms with van der Waals surface area (Å²) < 4.78 is 8.66. The van der Waals surface area contributed by atoms with Crippen molar-refractivity contribution in [1.82, 2.24) is 0 Å². The molecule has 5 heteroatoms. The Bertz CT molecular complexity index is 1020. The molecular weight excluding hydrogens is 532 g/mol. The van der Waals surface area contributed by atoms with E-state index >= 15 is 0 Å². The first-order chi connectivity index (χ1) is 14.5. The lowest BCUT2D eigenvalue weighted by molar-refractivity contribution is -0.268. The van der Waals surface area contributed by atoms with Gasteiger partial charge in [0, 0.05) is 10.0 Å². The second kappa shape index (κ2) is 8.53. The van der Waals surface area contributed by atoms with E-state index in [-0.39, 0.29) is 10.8 Å². The molecule has 2 aromatic carbocycles. The molecule has 2 aliphatic carbocycles. The molecule has 168 valence electrons. The number of halogens is 2. The van der Waals surface area contributed by atoms with Gasteiger partial charge in [-0.2, -0.15) is 0 Å². The Labute approximate surface area is 205 Å². The number of hydrogen-bond donors (Lipinski definition) is 0. The highest BCUT2D eigenvalue weighted by molar-refractivity contribution is 9.11. The van der Waals surface area contributed by atoms with Crippen LogP contribution in [0.2, 0.25) is 18.1 Å². The summed E-state index contributed by atoms with van der Waals surface area (Å²) in [5.41, 5.74) is 7.28. The third-order valence-electron chi connectivity index (χ3n) is 7.53. The van der Waals surface area contributed by atoms with E-state index in [1.165, 1.54) is 41.5 Å². The van der Waals surface area contributed by atoms with Crippen LogP contribution in [0.5, 0.6) is 11.5 Å². The van der Waals surface area contributed by atoms with Crippen LogP contribution in [0, 0.1) is 0 Å². The lowest BCUT2D eigenvalue weighted by Crippen LogP contribution is -2.44. The van der Waals surface area contributed by atoms with E-state index in [1.54, 1.807) is 0 Å². The maximum Gasteiger partial charge on any atom is 0.250 e. The van der Waals surface area contributed by atoms with E-state index in [9.17, 15) is 5.11 Å². The summed E-state index contributed by atoms with van der Waals surface area (Å²) >= 11 is 7.46. The molecular formula is C26H33Br2O2Si-. The van der Waals surface area contributed by atoms with E-state index in [0.717, 1.165) is 53.5 Å². The van der Waals surface area contributed by atoms with Crippen LogP contribution < -0.4 is 9.53 Å². The van der Waals surface area contributed by atoms with E-state index in [4.69, 9.17) is 4.43 Å². The van der Waals surface area contributed by atoms with Crippen LogP contribution in [-0.4, -0.2) is 8.32 Å². The van der Waals surface area contributed by atoms with Gasteiger partial charge < -0.3 is 9.53 Å². The SMILES string of the molecule is CC(C)(C)[Si](C)(C)Oc1c(Br)cc2c(c1-c1c([O-])c(Br)cc3c1CCCC3)CCCC2. The van der Waals surface area contributed by atoms with Gasteiger partial charge in [0.05, 0.1) is 4.47 Å². The number of hydrogen-bond acceptors (Lipinski definition) is 2. The molecule has 0 radical (unpaired) electrons. The van der Waals surface area contributed by atoms with E-state index in [0.29, 0.717) is 4.47 Å².